The van der Waals surface area contributed by atoms with Gasteiger partial charge >= 0.3 is 0 Å². The number of halogens is 1. The van der Waals surface area contributed by atoms with Gasteiger partial charge in [0.2, 0.25) is 11.8 Å². The molecule has 1 aliphatic heterocycles. The molecule has 1 fully saturated rings. The Bertz CT molecular complexity index is 614. The average Bonchev–Trinajstić information content (AvgIpc) is 2.55. The fourth-order valence-electron chi connectivity index (χ4n) is 2.50. The molecule has 0 aromatic carbocycles. The minimum Gasteiger partial charge on any atom is -0.476 e. The van der Waals surface area contributed by atoms with Crippen molar-refractivity contribution in [3.05, 3.63) is 36.3 Å². The normalized spacial score (nSPS) is 15.8. The highest BCUT2D eigenvalue weighted by molar-refractivity contribution is 5.29. The molecule has 1 saturated heterocycles. The molecule has 0 aliphatic carbocycles. The highest BCUT2D eigenvalue weighted by Crippen LogP contribution is 2.21. The van der Waals surface area contributed by atoms with E-state index in [1.165, 1.54) is 12.4 Å². The third kappa shape index (κ3) is 3.47. The van der Waals surface area contributed by atoms with Gasteiger partial charge in [-0.3, -0.25) is 4.98 Å². The molecular formula is C15H18FN5O. The van der Waals surface area contributed by atoms with Gasteiger partial charge in [-0.15, -0.1) is 0 Å². The summed E-state index contributed by atoms with van der Waals surface area (Å²) in [5.74, 6) is 1.25. The van der Waals surface area contributed by atoms with Crippen molar-refractivity contribution >= 4 is 5.95 Å². The quantitative estimate of drug-likeness (QED) is 0.861. The van der Waals surface area contributed by atoms with E-state index in [1.54, 1.807) is 12.4 Å². The number of ether oxygens (including phenoxy) is 1. The lowest BCUT2D eigenvalue weighted by atomic mass is 9.98. The van der Waals surface area contributed by atoms with Crippen LogP contribution in [0.1, 0.15) is 18.5 Å². The fraction of sp³-hybridized carbons (Fsp3) is 0.467. The lowest BCUT2D eigenvalue weighted by Gasteiger charge is -2.31. The van der Waals surface area contributed by atoms with Gasteiger partial charge in [-0.05, 0) is 25.7 Å². The van der Waals surface area contributed by atoms with E-state index in [2.05, 4.69) is 24.8 Å². The maximum Gasteiger partial charge on any atom is 0.235 e. The Morgan fingerprint density at radius 3 is 2.50 bits per heavy atom. The Balaban J connectivity index is 1.49. The van der Waals surface area contributed by atoms with Gasteiger partial charge in [0.05, 0.1) is 24.7 Å². The molecule has 3 rings (SSSR count). The van der Waals surface area contributed by atoms with Gasteiger partial charge in [0, 0.05) is 25.5 Å². The van der Waals surface area contributed by atoms with Gasteiger partial charge in [-0.1, -0.05) is 0 Å². The van der Waals surface area contributed by atoms with E-state index in [-0.39, 0.29) is 0 Å². The number of piperidine rings is 1. The fourth-order valence-corrected chi connectivity index (χ4v) is 2.50. The number of aromatic nitrogens is 4. The Labute approximate surface area is 128 Å². The molecule has 0 spiro atoms. The van der Waals surface area contributed by atoms with Crippen molar-refractivity contribution < 1.29 is 9.13 Å². The van der Waals surface area contributed by atoms with Crippen LogP contribution in [0.25, 0.3) is 0 Å². The maximum atomic E-state index is 12.8. The number of aryl methyl sites for hydroxylation is 1. The van der Waals surface area contributed by atoms with Crippen LogP contribution in [-0.4, -0.2) is 39.6 Å². The molecule has 0 N–H and O–H groups in total. The Morgan fingerprint density at radius 1 is 1.14 bits per heavy atom. The third-order valence-electron chi connectivity index (χ3n) is 3.80. The first-order valence-corrected chi connectivity index (χ1v) is 7.35. The van der Waals surface area contributed by atoms with Crippen molar-refractivity contribution in [2.45, 2.75) is 19.8 Å². The van der Waals surface area contributed by atoms with Crippen LogP contribution < -0.4 is 9.64 Å². The lowest BCUT2D eigenvalue weighted by Crippen LogP contribution is -2.36. The van der Waals surface area contributed by atoms with Crippen molar-refractivity contribution in [2.75, 3.05) is 24.6 Å². The van der Waals surface area contributed by atoms with Crippen LogP contribution in [0.5, 0.6) is 5.88 Å². The zero-order valence-electron chi connectivity index (χ0n) is 12.4. The molecule has 0 amide bonds. The highest BCUT2D eigenvalue weighted by atomic mass is 19.1. The first-order valence-electron chi connectivity index (χ1n) is 7.35. The van der Waals surface area contributed by atoms with E-state index in [1.807, 2.05) is 6.92 Å². The maximum absolute atomic E-state index is 12.8. The summed E-state index contributed by atoms with van der Waals surface area (Å²) in [5.41, 5.74) is 0.805. The van der Waals surface area contributed by atoms with Crippen molar-refractivity contribution in [3.8, 4) is 5.88 Å². The third-order valence-corrected chi connectivity index (χ3v) is 3.80. The van der Waals surface area contributed by atoms with Crippen molar-refractivity contribution in [2.24, 2.45) is 5.92 Å². The molecule has 2 aromatic rings. The number of rotatable bonds is 4. The number of nitrogens with zero attached hydrogens (tertiary/aromatic N) is 5. The Morgan fingerprint density at radius 2 is 1.82 bits per heavy atom. The largest absolute Gasteiger partial charge is 0.476 e. The van der Waals surface area contributed by atoms with Gasteiger partial charge in [0.1, 0.15) is 0 Å². The summed E-state index contributed by atoms with van der Waals surface area (Å²) in [7, 11) is 0. The summed E-state index contributed by atoms with van der Waals surface area (Å²) in [4.78, 5) is 18.5. The van der Waals surface area contributed by atoms with E-state index in [4.69, 9.17) is 4.74 Å². The number of hydrogen-bond donors (Lipinski definition) is 0. The van der Waals surface area contributed by atoms with Gasteiger partial charge in [0.25, 0.3) is 0 Å². The van der Waals surface area contributed by atoms with Gasteiger partial charge in [0.15, 0.2) is 5.82 Å². The summed E-state index contributed by atoms with van der Waals surface area (Å²) < 4.78 is 18.6. The second kappa shape index (κ2) is 6.64. The standard InChI is InChI=1S/C15H18FN5O/c1-11-14(18-5-4-17-11)22-10-12-2-6-21(7-3-12)15-19-8-13(16)9-20-15/h4-5,8-9,12H,2-3,6-7,10H2,1H3. The van der Waals surface area contributed by atoms with Crippen LogP contribution in [0.4, 0.5) is 10.3 Å². The van der Waals surface area contributed by atoms with Crippen LogP contribution in [0, 0.1) is 18.7 Å². The summed E-state index contributed by atoms with van der Waals surface area (Å²) in [6.45, 7) is 4.21. The average molecular weight is 303 g/mol. The molecule has 0 saturated carbocycles. The van der Waals surface area contributed by atoms with Gasteiger partial charge in [-0.25, -0.2) is 19.3 Å². The van der Waals surface area contributed by atoms with Crippen LogP contribution in [0.2, 0.25) is 0 Å². The molecule has 0 atom stereocenters. The monoisotopic (exact) mass is 303 g/mol. The molecule has 0 radical (unpaired) electrons. The van der Waals surface area contributed by atoms with E-state index >= 15 is 0 Å². The molecule has 116 valence electrons. The molecule has 0 unspecified atom stereocenters. The summed E-state index contributed by atoms with van der Waals surface area (Å²) in [6, 6.07) is 0. The van der Waals surface area contributed by atoms with Crippen LogP contribution in [-0.2, 0) is 0 Å². The predicted molar refractivity (Wildman–Crippen MR) is 79.2 cm³/mol. The second-order valence-electron chi connectivity index (χ2n) is 5.39. The minimum absolute atomic E-state index is 0.411. The van der Waals surface area contributed by atoms with E-state index in [9.17, 15) is 4.39 Å². The van der Waals surface area contributed by atoms with Gasteiger partial charge in [-0.2, -0.15) is 0 Å². The smallest absolute Gasteiger partial charge is 0.235 e. The molecule has 1 aliphatic rings. The van der Waals surface area contributed by atoms with Crippen LogP contribution in [0.3, 0.4) is 0 Å². The summed E-state index contributed by atoms with van der Waals surface area (Å²) in [5, 5.41) is 0. The molecule has 0 bridgehead atoms. The Kier molecular flexibility index (Phi) is 4.41. The summed E-state index contributed by atoms with van der Waals surface area (Å²) >= 11 is 0. The predicted octanol–water partition coefficient (Wildman–Crippen LogP) is 2.01. The first-order chi connectivity index (χ1) is 10.7. The molecule has 6 nitrogen and oxygen atoms in total. The zero-order chi connectivity index (χ0) is 15.4. The molecule has 22 heavy (non-hydrogen) atoms. The zero-order valence-corrected chi connectivity index (χ0v) is 12.4. The van der Waals surface area contributed by atoms with Crippen LogP contribution in [0.15, 0.2) is 24.8 Å². The number of hydrogen-bond acceptors (Lipinski definition) is 6. The van der Waals surface area contributed by atoms with E-state index in [0.717, 1.165) is 31.6 Å². The minimum atomic E-state index is -0.411. The van der Waals surface area contributed by atoms with Gasteiger partial charge < -0.3 is 9.64 Å². The van der Waals surface area contributed by atoms with E-state index in [0.29, 0.717) is 24.4 Å². The second-order valence-corrected chi connectivity index (χ2v) is 5.39. The number of anilines is 1. The van der Waals surface area contributed by atoms with Crippen molar-refractivity contribution in [3.63, 3.8) is 0 Å². The van der Waals surface area contributed by atoms with E-state index < -0.39 is 5.82 Å². The summed E-state index contributed by atoms with van der Waals surface area (Å²) in [6.07, 6.45) is 7.67. The lowest BCUT2D eigenvalue weighted by molar-refractivity contribution is 0.213. The molecule has 7 heteroatoms. The molecule has 2 aromatic heterocycles. The highest BCUT2D eigenvalue weighted by Gasteiger charge is 2.21. The molecule has 3 heterocycles. The van der Waals surface area contributed by atoms with Crippen molar-refractivity contribution in [1.29, 1.82) is 0 Å². The molecular weight excluding hydrogens is 285 g/mol. The first kappa shape index (κ1) is 14.6. The Hall–Kier alpha value is -2.31. The SMILES string of the molecule is Cc1nccnc1OCC1CCN(c2ncc(F)cn2)CC1. The van der Waals surface area contributed by atoms with Crippen LogP contribution >= 0.6 is 0 Å². The topological polar surface area (TPSA) is 64.0 Å². The van der Waals surface area contributed by atoms with Crippen molar-refractivity contribution in [1.82, 2.24) is 19.9 Å².